The zero-order valence-electron chi connectivity index (χ0n) is 18.0. The SMILES string of the molecule is CCc1ccccc1NC(=O)CN(C)C(=O)CNC(=O)c1ccc(OC(F)F)c(OC)c1. The summed E-state index contributed by atoms with van der Waals surface area (Å²) in [5.41, 5.74) is 1.75. The van der Waals surface area contributed by atoms with E-state index in [0.29, 0.717) is 5.69 Å². The largest absolute Gasteiger partial charge is 0.493 e. The van der Waals surface area contributed by atoms with Crippen LogP contribution in [0.1, 0.15) is 22.8 Å². The van der Waals surface area contributed by atoms with Crippen molar-refractivity contribution >= 4 is 23.4 Å². The molecule has 2 N–H and O–H groups in total. The van der Waals surface area contributed by atoms with Crippen LogP contribution in [0.5, 0.6) is 11.5 Å². The Kier molecular flexibility index (Phi) is 8.94. The number of methoxy groups -OCH3 is 1. The number of aryl methyl sites for hydroxylation is 1. The van der Waals surface area contributed by atoms with E-state index in [1.807, 2.05) is 19.1 Å². The van der Waals surface area contributed by atoms with E-state index >= 15 is 0 Å². The first-order chi connectivity index (χ1) is 15.2. The topological polar surface area (TPSA) is 97.0 Å². The number of alkyl halides is 2. The maximum Gasteiger partial charge on any atom is 0.387 e. The molecular formula is C22H25F2N3O5. The van der Waals surface area contributed by atoms with Gasteiger partial charge in [0.1, 0.15) is 0 Å². The van der Waals surface area contributed by atoms with Crippen LogP contribution in [0.25, 0.3) is 0 Å². The highest BCUT2D eigenvalue weighted by atomic mass is 19.3. The Morgan fingerprint density at radius 1 is 1.09 bits per heavy atom. The molecule has 2 rings (SSSR count). The molecule has 0 bridgehead atoms. The van der Waals surface area contributed by atoms with Crippen molar-refractivity contribution in [2.24, 2.45) is 0 Å². The minimum atomic E-state index is -3.04. The number of anilines is 1. The van der Waals surface area contributed by atoms with Gasteiger partial charge in [-0.2, -0.15) is 8.78 Å². The van der Waals surface area contributed by atoms with Crippen molar-refractivity contribution in [3.63, 3.8) is 0 Å². The van der Waals surface area contributed by atoms with E-state index in [1.54, 1.807) is 12.1 Å². The highest BCUT2D eigenvalue weighted by Crippen LogP contribution is 2.29. The summed E-state index contributed by atoms with van der Waals surface area (Å²) in [6, 6.07) is 11.0. The summed E-state index contributed by atoms with van der Waals surface area (Å²) in [6.07, 6.45) is 0.747. The van der Waals surface area contributed by atoms with E-state index in [4.69, 9.17) is 4.74 Å². The number of halogens is 2. The summed E-state index contributed by atoms with van der Waals surface area (Å²) >= 11 is 0. The molecule has 8 nitrogen and oxygen atoms in total. The average molecular weight is 449 g/mol. The Bertz CT molecular complexity index is 968. The number of hydrogen-bond donors (Lipinski definition) is 2. The number of carbonyl (C=O) groups excluding carboxylic acids is 3. The van der Waals surface area contributed by atoms with Gasteiger partial charge in [0.2, 0.25) is 11.8 Å². The second-order valence-corrected chi connectivity index (χ2v) is 6.74. The third-order valence-corrected chi connectivity index (χ3v) is 4.52. The standard InChI is InChI=1S/C22H25F2N3O5/c1-4-14-7-5-6-8-16(14)26-19(28)13-27(2)20(29)12-25-21(30)15-9-10-17(32-22(23)24)18(11-15)31-3/h5-11,22H,4,12-13H2,1-3H3,(H,25,30)(H,26,28). The second-order valence-electron chi connectivity index (χ2n) is 6.74. The second kappa shape index (κ2) is 11.6. The number of ether oxygens (including phenoxy) is 2. The van der Waals surface area contributed by atoms with Crippen LogP contribution in [-0.2, 0) is 16.0 Å². The first-order valence-electron chi connectivity index (χ1n) is 9.77. The molecule has 0 unspecified atom stereocenters. The van der Waals surface area contributed by atoms with Crippen LogP contribution in [0.2, 0.25) is 0 Å². The third-order valence-electron chi connectivity index (χ3n) is 4.52. The maximum atomic E-state index is 12.4. The fraction of sp³-hybridized carbons (Fsp3) is 0.318. The van der Waals surface area contributed by atoms with Gasteiger partial charge in [-0.3, -0.25) is 14.4 Å². The van der Waals surface area contributed by atoms with Crippen LogP contribution in [0.4, 0.5) is 14.5 Å². The number of benzene rings is 2. The van der Waals surface area contributed by atoms with E-state index in [-0.39, 0.29) is 36.1 Å². The summed E-state index contributed by atoms with van der Waals surface area (Å²) < 4.78 is 34.1. The van der Waals surface area contributed by atoms with Gasteiger partial charge >= 0.3 is 6.61 Å². The number of carbonyl (C=O) groups is 3. The van der Waals surface area contributed by atoms with Crippen LogP contribution in [0, 0.1) is 0 Å². The molecule has 0 saturated heterocycles. The molecular weight excluding hydrogens is 424 g/mol. The first-order valence-corrected chi connectivity index (χ1v) is 9.77. The molecule has 172 valence electrons. The van der Waals surface area contributed by atoms with Crippen molar-refractivity contribution in [2.45, 2.75) is 20.0 Å². The number of nitrogens with one attached hydrogen (secondary N) is 2. The van der Waals surface area contributed by atoms with Gasteiger partial charge in [-0.25, -0.2) is 0 Å². The Labute approximate surface area is 184 Å². The molecule has 0 spiro atoms. The van der Waals surface area contributed by atoms with Gasteiger partial charge in [0.05, 0.1) is 20.2 Å². The van der Waals surface area contributed by atoms with E-state index < -0.39 is 18.4 Å². The van der Waals surface area contributed by atoms with Gasteiger partial charge in [-0.05, 0) is 36.2 Å². The minimum absolute atomic E-state index is 0.0505. The van der Waals surface area contributed by atoms with Gasteiger partial charge in [0.25, 0.3) is 5.91 Å². The number of nitrogens with zero attached hydrogens (tertiary/aromatic N) is 1. The quantitative estimate of drug-likeness (QED) is 0.581. The summed E-state index contributed by atoms with van der Waals surface area (Å²) in [5, 5.41) is 5.20. The zero-order valence-corrected chi connectivity index (χ0v) is 18.0. The average Bonchev–Trinajstić information content (AvgIpc) is 2.77. The predicted octanol–water partition coefficient (Wildman–Crippen LogP) is 2.69. The normalized spacial score (nSPS) is 10.4. The van der Waals surface area contributed by atoms with Gasteiger partial charge in [-0.1, -0.05) is 25.1 Å². The molecule has 0 heterocycles. The van der Waals surface area contributed by atoms with Crippen molar-refractivity contribution in [2.75, 3.05) is 32.6 Å². The molecule has 0 aromatic heterocycles. The fourth-order valence-corrected chi connectivity index (χ4v) is 2.84. The third kappa shape index (κ3) is 6.93. The highest BCUT2D eigenvalue weighted by molar-refractivity contribution is 5.98. The zero-order chi connectivity index (χ0) is 23.7. The van der Waals surface area contributed by atoms with Crippen molar-refractivity contribution < 1.29 is 32.6 Å². The summed E-state index contributed by atoms with van der Waals surface area (Å²) in [5.74, 6) is -1.74. The molecule has 0 radical (unpaired) electrons. The molecule has 2 aromatic rings. The van der Waals surface area contributed by atoms with Crippen molar-refractivity contribution in [1.82, 2.24) is 10.2 Å². The van der Waals surface area contributed by atoms with Crippen molar-refractivity contribution in [1.29, 1.82) is 0 Å². The molecule has 0 aliphatic carbocycles. The smallest absolute Gasteiger partial charge is 0.387 e. The monoisotopic (exact) mass is 449 g/mol. The Morgan fingerprint density at radius 2 is 1.81 bits per heavy atom. The lowest BCUT2D eigenvalue weighted by atomic mass is 10.1. The number of likely N-dealkylation sites (N-methyl/N-ethyl adjacent to an activating group) is 1. The van der Waals surface area contributed by atoms with Crippen LogP contribution in [-0.4, -0.2) is 56.5 Å². The molecule has 10 heteroatoms. The molecule has 3 amide bonds. The molecule has 0 aliphatic rings. The molecule has 2 aromatic carbocycles. The number of para-hydroxylation sites is 1. The Morgan fingerprint density at radius 3 is 2.47 bits per heavy atom. The lowest BCUT2D eigenvalue weighted by Crippen LogP contribution is -2.41. The first kappa shape index (κ1) is 24.6. The van der Waals surface area contributed by atoms with Gasteiger partial charge in [0, 0.05) is 18.3 Å². The highest BCUT2D eigenvalue weighted by Gasteiger charge is 2.17. The van der Waals surface area contributed by atoms with E-state index in [0.717, 1.165) is 12.0 Å². The maximum absolute atomic E-state index is 12.4. The van der Waals surface area contributed by atoms with E-state index in [9.17, 15) is 23.2 Å². The van der Waals surface area contributed by atoms with Crippen molar-refractivity contribution in [3.05, 3.63) is 53.6 Å². The summed E-state index contributed by atoms with van der Waals surface area (Å²) in [4.78, 5) is 38.0. The van der Waals surface area contributed by atoms with Gasteiger partial charge in [0.15, 0.2) is 11.5 Å². The molecule has 0 atom stereocenters. The number of rotatable bonds is 10. The minimum Gasteiger partial charge on any atom is -0.493 e. The lowest BCUT2D eigenvalue weighted by molar-refractivity contribution is -0.132. The molecule has 0 fully saturated rings. The summed E-state index contributed by atoms with van der Waals surface area (Å²) in [7, 11) is 2.69. The van der Waals surface area contributed by atoms with E-state index in [1.165, 1.54) is 37.3 Å². The van der Waals surface area contributed by atoms with Crippen LogP contribution in [0.3, 0.4) is 0 Å². The van der Waals surface area contributed by atoms with Crippen LogP contribution in [0.15, 0.2) is 42.5 Å². The summed E-state index contributed by atoms with van der Waals surface area (Å²) in [6.45, 7) is -1.62. The Hall–Kier alpha value is -3.69. The predicted molar refractivity (Wildman–Crippen MR) is 114 cm³/mol. The number of amides is 3. The molecule has 32 heavy (non-hydrogen) atoms. The Balaban J connectivity index is 1.89. The van der Waals surface area contributed by atoms with Crippen molar-refractivity contribution in [3.8, 4) is 11.5 Å². The molecule has 0 saturated carbocycles. The fourth-order valence-electron chi connectivity index (χ4n) is 2.84. The van der Waals surface area contributed by atoms with Gasteiger partial charge < -0.3 is 25.0 Å². The lowest BCUT2D eigenvalue weighted by Gasteiger charge is -2.18. The van der Waals surface area contributed by atoms with Crippen LogP contribution >= 0.6 is 0 Å². The van der Waals surface area contributed by atoms with E-state index in [2.05, 4.69) is 15.4 Å². The number of hydrogen-bond acceptors (Lipinski definition) is 5. The molecule has 0 aliphatic heterocycles. The van der Waals surface area contributed by atoms with Gasteiger partial charge in [-0.15, -0.1) is 0 Å². The van der Waals surface area contributed by atoms with Crippen LogP contribution < -0.4 is 20.1 Å².